The highest BCUT2D eigenvalue weighted by Crippen LogP contribution is 2.19. The summed E-state index contributed by atoms with van der Waals surface area (Å²) in [6.45, 7) is 2.78. The highest BCUT2D eigenvalue weighted by molar-refractivity contribution is 7.71. The molecule has 2 heterocycles. The Morgan fingerprint density at radius 1 is 1.42 bits per heavy atom. The SMILES string of the molecule is Cc1cccc(-c2n[nH]c(=S)n2CC(=O)N(C)Cc2ccsc2)c1. The van der Waals surface area contributed by atoms with Gasteiger partial charge in [0.05, 0.1) is 0 Å². The number of rotatable bonds is 5. The molecule has 0 fully saturated rings. The first-order chi connectivity index (χ1) is 11.5. The molecule has 0 spiro atoms. The Labute approximate surface area is 149 Å². The minimum atomic E-state index is -0.00685. The second-order valence-corrected chi connectivity index (χ2v) is 6.86. The number of thiophene rings is 1. The zero-order valence-electron chi connectivity index (χ0n) is 13.5. The predicted molar refractivity (Wildman–Crippen MR) is 98.4 cm³/mol. The molecule has 124 valence electrons. The maximum absolute atomic E-state index is 12.6. The topological polar surface area (TPSA) is 53.9 Å². The lowest BCUT2D eigenvalue weighted by Gasteiger charge is -2.17. The first-order valence-electron chi connectivity index (χ1n) is 7.52. The monoisotopic (exact) mass is 358 g/mol. The molecule has 0 saturated heterocycles. The van der Waals surface area contributed by atoms with Crippen molar-refractivity contribution in [3.8, 4) is 11.4 Å². The largest absolute Gasteiger partial charge is 0.340 e. The molecule has 0 unspecified atom stereocenters. The van der Waals surface area contributed by atoms with Crippen LogP contribution in [0.4, 0.5) is 0 Å². The van der Waals surface area contributed by atoms with Crippen LogP contribution in [0.1, 0.15) is 11.1 Å². The lowest BCUT2D eigenvalue weighted by Crippen LogP contribution is -2.29. The quantitative estimate of drug-likeness (QED) is 0.709. The second-order valence-electron chi connectivity index (χ2n) is 5.69. The number of carbonyl (C=O) groups excluding carboxylic acids is 1. The molecule has 0 atom stereocenters. The number of nitrogens with zero attached hydrogens (tertiary/aromatic N) is 3. The number of H-pyrrole nitrogens is 1. The molecule has 1 N–H and O–H groups in total. The van der Waals surface area contributed by atoms with Crippen molar-refractivity contribution in [3.63, 3.8) is 0 Å². The Morgan fingerprint density at radius 2 is 2.25 bits per heavy atom. The van der Waals surface area contributed by atoms with Gasteiger partial charge in [0.15, 0.2) is 10.6 Å². The molecule has 0 aliphatic rings. The Hall–Kier alpha value is -2.25. The maximum atomic E-state index is 12.6. The van der Waals surface area contributed by atoms with Gasteiger partial charge in [-0.3, -0.25) is 14.5 Å². The fraction of sp³-hybridized carbons (Fsp3) is 0.235. The van der Waals surface area contributed by atoms with Crippen molar-refractivity contribution in [2.24, 2.45) is 0 Å². The van der Waals surface area contributed by atoms with Crippen LogP contribution in [-0.2, 0) is 17.9 Å². The summed E-state index contributed by atoms with van der Waals surface area (Å²) in [4.78, 5) is 14.3. The predicted octanol–water partition coefficient (Wildman–Crippen LogP) is 3.64. The van der Waals surface area contributed by atoms with Crippen molar-refractivity contribution >= 4 is 29.5 Å². The fourth-order valence-electron chi connectivity index (χ4n) is 2.47. The number of carbonyl (C=O) groups is 1. The first-order valence-corrected chi connectivity index (χ1v) is 8.87. The van der Waals surface area contributed by atoms with E-state index in [-0.39, 0.29) is 12.5 Å². The minimum Gasteiger partial charge on any atom is -0.340 e. The Kier molecular flexibility index (Phi) is 4.92. The summed E-state index contributed by atoms with van der Waals surface area (Å²) >= 11 is 6.93. The Bertz CT molecular complexity index is 895. The van der Waals surface area contributed by atoms with Gasteiger partial charge in [-0.15, -0.1) is 0 Å². The molecule has 5 nitrogen and oxygen atoms in total. The Balaban J connectivity index is 1.81. The van der Waals surface area contributed by atoms with Gasteiger partial charge >= 0.3 is 0 Å². The number of nitrogens with one attached hydrogen (secondary N) is 1. The molecule has 1 aromatic carbocycles. The van der Waals surface area contributed by atoms with E-state index in [2.05, 4.69) is 10.2 Å². The van der Waals surface area contributed by atoms with Crippen molar-refractivity contribution in [2.75, 3.05) is 7.05 Å². The summed E-state index contributed by atoms with van der Waals surface area (Å²) in [5.74, 6) is 0.675. The van der Waals surface area contributed by atoms with E-state index in [9.17, 15) is 4.79 Å². The average Bonchev–Trinajstić information content (AvgIpc) is 3.18. The van der Waals surface area contributed by atoms with Gasteiger partial charge in [0.1, 0.15) is 6.54 Å². The van der Waals surface area contributed by atoms with Crippen molar-refractivity contribution in [3.05, 3.63) is 57.0 Å². The number of aryl methyl sites for hydroxylation is 1. The highest BCUT2D eigenvalue weighted by Gasteiger charge is 2.15. The molecular formula is C17H18N4OS2. The summed E-state index contributed by atoms with van der Waals surface area (Å²) in [5, 5.41) is 11.1. The van der Waals surface area contributed by atoms with E-state index in [0.717, 1.165) is 16.7 Å². The molecule has 2 aromatic heterocycles. The van der Waals surface area contributed by atoms with E-state index in [1.165, 1.54) is 0 Å². The third-order valence-corrected chi connectivity index (χ3v) is 4.80. The summed E-state index contributed by atoms with van der Waals surface area (Å²) in [6, 6.07) is 10.0. The standard InChI is InChI=1S/C17H18N4OS2/c1-12-4-3-5-14(8-12)16-18-19-17(23)21(16)10-15(22)20(2)9-13-6-7-24-11-13/h3-8,11H,9-10H2,1-2H3,(H,19,23). The molecule has 0 radical (unpaired) electrons. The van der Waals surface area contributed by atoms with Crippen molar-refractivity contribution < 1.29 is 4.79 Å². The average molecular weight is 358 g/mol. The lowest BCUT2D eigenvalue weighted by atomic mass is 10.1. The molecule has 0 aliphatic carbocycles. The van der Waals surface area contributed by atoms with Gasteiger partial charge in [-0.1, -0.05) is 23.8 Å². The molecule has 0 aliphatic heterocycles. The highest BCUT2D eigenvalue weighted by atomic mass is 32.1. The minimum absolute atomic E-state index is 0.00685. The summed E-state index contributed by atoms with van der Waals surface area (Å²) in [5.41, 5.74) is 3.20. The lowest BCUT2D eigenvalue weighted by molar-refractivity contribution is -0.131. The van der Waals surface area contributed by atoms with Crippen LogP contribution in [0.5, 0.6) is 0 Å². The van der Waals surface area contributed by atoms with Crippen LogP contribution in [0.15, 0.2) is 41.1 Å². The van der Waals surface area contributed by atoms with Crippen LogP contribution in [-0.4, -0.2) is 32.6 Å². The normalized spacial score (nSPS) is 10.8. The molecule has 3 rings (SSSR count). The number of aromatic nitrogens is 3. The van der Waals surface area contributed by atoms with Crippen LogP contribution in [0.25, 0.3) is 11.4 Å². The number of aromatic amines is 1. The number of hydrogen-bond acceptors (Lipinski definition) is 4. The van der Waals surface area contributed by atoms with Gasteiger partial charge < -0.3 is 4.90 Å². The first kappa shape index (κ1) is 16.6. The molecule has 7 heteroatoms. The van der Waals surface area contributed by atoms with Gasteiger partial charge in [0, 0.05) is 19.2 Å². The zero-order chi connectivity index (χ0) is 17.1. The number of hydrogen-bond donors (Lipinski definition) is 1. The van der Waals surface area contributed by atoms with E-state index in [1.54, 1.807) is 27.9 Å². The van der Waals surface area contributed by atoms with Crippen LogP contribution < -0.4 is 0 Å². The smallest absolute Gasteiger partial charge is 0.242 e. The van der Waals surface area contributed by atoms with Crippen molar-refractivity contribution in [2.45, 2.75) is 20.0 Å². The summed E-state index contributed by atoms with van der Waals surface area (Å²) in [7, 11) is 1.80. The van der Waals surface area contributed by atoms with E-state index in [0.29, 0.717) is 17.1 Å². The van der Waals surface area contributed by atoms with Gasteiger partial charge in [0.2, 0.25) is 5.91 Å². The van der Waals surface area contributed by atoms with Gasteiger partial charge in [0.25, 0.3) is 0 Å². The van der Waals surface area contributed by atoms with Crippen molar-refractivity contribution in [1.29, 1.82) is 0 Å². The molecule has 1 amide bonds. The maximum Gasteiger partial charge on any atom is 0.242 e. The van der Waals surface area contributed by atoms with E-state index in [4.69, 9.17) is 12.2 Å². The van der Waals surface area contributed by atoms with Gasteiger partial charge in [-0.25, -0.2) is 0 Å². The fourth-order valence-corrected chi connectivity index (χ4v) is 3.33. The molecular weight excluding hydrogens is 340 g/mol. The Morgan fingerprint density at radius 3 is 2.96 bits per heavy atom. The summed E-state index contributed by atoms with van der Waals surface area (Å²) in [6.07, 6.45) is 0. The van der Waals surface area contributed by atoms with Crippen molar-refractivity contribution in [1.82, 2.24) is 19.7 Å². The third kappa shape index (κ3) is 3.63. The third-order valence-electron chi connectivity index (χ3n) is 3.75. The van der Waals surface area contributed by atoms with E-state index in [1.807, 2.05) is 48.0 Å². The van der Waals surface area contributed by atoms with Crippen LogP contribution in [0, 0.1) is 11.7 Å². The molecule has 24 heavy (non-hydrogen) atoms. The zero-order valence-corrected chi connectivity index (χ0v) is 15.2. The number of likely N-dealkylation sites (N-methyl/N-ethyl adjacent to an activating group) is 1. The summed E-state index contributed by atoms with van der Waals surface area (Å²) < 4.78 is 2.19. The van der Waals surface area contributed by atoms with Gasteiger partial charge in [-0.2, -0.15) is 16.4 Å². The second kappa shape index (κ2) is 7.11. The molecule has 0 saturated carbocycles. The van der Waals surface area contributed by atoms with E-state index >= 15 is 0 Å². The number of amides is 1. The molecule has 3 aromatic rings. The van der Waals surface area contributed by atoms with Crippen LogP contribution >= 0.6 is 23.6 Å². The van der Waals surface area contributed by atoms with E-state index < -0.39 is 0 Å². The molecule has 0 bridgehead atoms. The van der Waals surface area contributed by atoms with Gasteiger partial charge in [-0.05, 0) is 47.6 Å². The van der Waals surface area contributed by atoms with Crippen LogP contribution in [0.3, 0.4) is 0 Å². The number of benzene rings is 1. The van der Waals surface area contributed by atoms with Crippen LogP contribution in [0.2, 0.25) is 0 Å².